The second-order valence-electron chi connectivity index (χ2n) is 2.82. The monoisotopic (exact) mass is 154 g/mol. The molecule has 0 atom stereocenters. The highest BCUT2D eigenvalue weighted by molar-refractivity contribution is 4.98. The van der Waals surface area contributed by atoms with Gasteiger partial charge in [0.25, 0.3) is 0 Å². The van der Waals surface area contributed by atoms with Gasteiger partial charge in [0.05, 0.1) is 5.41 Å². The minimum Gasteiger partial charge on any atom is -0.171 e. The van der Waals surface area contributed by atoms with Crippen molar-refractivity contribution in [3.63, 3.8) is 0 Å². The average molecular weight is 154 g/mol. The van der Waals surface area contributed by atoms with Crippen LogP contribution in [-0.4, -0.2) is 6.18 Å². The molecule has 1 aliphatic carbocycles. The average Bonchev–Trinajstić information content (AvgIpc) is 2.60. The quantitative estimate of drug-likeness (QED) is 0.573. The Hall–Kier alpha value is -0.210. The van der Waals surface area contributed by atoms with Gasteiger partial charge in [-0.1, -0.05) is 13.3 Å². The summed E-state index contributed by atoms with van der Waals surface area (Å²) in [5, 5.41) is 0. The fraction of sp³-hybridized carbons (Fsp3) is 1.00. The van der Waals surface area contributed by atoms with Gasteiger partial charge in [0, 0.05) is 2.74 Å². The maximum Gasteiger partial charge on any atom is 0.394 e. The Bertz CT molecular complexity index is 161. The molecular weight excluding hydrogens is 141 g/mol. The molecule has 0 amide bonds. The summed E-state index contributed by atoms with van der Waals surface area (Å²) >= 11 is 0. The third kappa shape index (κ3) is 1.13. The van der Waals surface area contributed by atoms with Crippen LogP contribution < -0.4 is 0 Å². The van der Waals surface area contributed by atoms with Crippen LogP contribution in [0.15, 0.2) is 0 Å². The molecule has 1 aliphatic rings. The Morgan fingerprint density at radius 3 is 2.40 bits per heavy atom. The van der Waals surface area contributed by atoms with Gasteiger partial charge >= 0.3 is 6.18 Å². The fourth-order valence-electron chi connectivity index (χ4n) is 1.10. The van der Waals surface area contributed by atoms with Crippen molar-refractivity contribution in [3.8, 4) is 0 Å². The van der Waals surface area contributed by atoms with E-state index in [0.717, 1.165) is 0 Å². The van der Waals surface area contributed by atoms with Gasteiger partial charge in [-0.05, 0) is 19.3 Å². The zero-order chi connectivity index (χ0) is 9.41. The SMILES string of the molecule is [2H]C([2H])CCC1(C(F)(F)F)CC1. The fourth-order valence-corrected chi connectivity index (χ4v) is 1.10. The van der Waals surface area contributed by atoms with Crippen LogP contribution in [0.2, 0.25) is 0 Å². The molecule has 0 heterocycles. The van der Waals surface area contributed by atoms with Gasteiger partial charge in [-0.25, -0.2) is 0 Å². The van der Waals surface area contributed by atoms with Crippen molar-refractivity contribution in [2.45, 2.75) is 38.7 Å². The lowest BCUT2D eigenvalue weighted by atomic mass is 10.0. The van der Waals surface area contributed by atoms with Gasteiger partial charge in [0.1, 0.15) is 0 Å². The summed E-state index contributed by atoms with van der Waals surface area (Å²) in [4.78, 5) is 0. The molecule has 0 N–H and O–H groups in total. The molecule has 0 aliphatic heterocycles. The molecule has 0 spiro atoms. The predicted molar refractivity (Wildman–Crippen MR) is 32.6 cm³/mol. The van der Waals surface area contributed by atoms with E-state index in [1.54, 1.807) is 0 Å². The third-order valence-electron chi connectivity index (χ3n) is 2.08. The van der Waals surface area contributed by atoms with Crippen molar-refractivity contribution in [3.05, 3.63) is 0 Å². The van der Waals surface area contributed by atoms with Gasteiger partial charge in [0.15, 0.2) is 0 Å². The van der Waals surface area contributed by atoms with Crippen LogP contribution in [0.4, 0.5) is 13.2 Å². The van der Waals surface area contributed by atoms with Crippen molar-refractivity contribution in [2.75, 3.05) is 0 Å². The van der Waals surface area contributed by atoms with Gasteiger partial charge in [-0.3, -0.25) is 0 Å². The predicted octanol–water partition coefficient (Wildman–Crippen LogP) is 3.13. The molecule has 0 saturated heterocycles. The van der Waals surface area contributed by atoms with Crippen LogP contribution in [-0.2, 0) is 0 Å². The number of hydrogen-bond donors (Lipinski definition) is 0. The first kappa shape index (κ1) is 5.44. The zero-order valence-corrected chi connectivity index (χ0v) is 5.54. The molecule has 1 saturated carbocycles. The van der Waals surface area contributed by atoms with E-state index in [2.05, 4.69) is 0 Å². The van der Waals surface area contributed by atoms with Gasteiger partial charge in [0.2, 0.25) is 0 Å². The standard InChI is InChI=1S/C7H11F3/c1-2-3-6(4-5-6)7(8,9)10/h2-5H2,1H3/i1D2. The summed E-state index contributed by atoms with van der Waals surface area (Å²) in [6, 6.07) is 0. The number of alkyl halides is 3. The summed E-state index contributed by atoms with van der Waals surface area (Å²) in [5.41, 5.74) is -1.52. The van der Waals surface area contributed by atoms with Gasteiger partial charge in [-0.15, -0.1) is 0 Å². The van der Waals surface area contributed by atoms with Crippen molar-refractivity contribution < 1.29 is 15.9 Å². The summed E-state index contributed by atoms with van der Waals surface area (Å²) in [6.07, 6.45) is -3.78. The van der Waals surface area contributed by atoms with Crippen molar-refractivity contribution in [1.82, 2.24) is 0 Å². The summed E-state index contributed by atoms with van der Waals surface area (Å²) in [5.74, 6) is 0. The molecule has 0 aromatic rings. The minimum atomic E-state index is -4.12. The van der Waals surface area contributed by atoms with E-state index in [1.165, 1.54) is 0 Å². The van der Waals surface area contributed by atoms with E-state index in [4.69, 9.17) is 2.74 Å². The molecule has 0 aromatic carbocycles. The maximum atomic E-state index is 12.2. The highest BCUT2D eigenvalue weighted by Crippen LogP contribution is 2.60. The first-order valence-electron chi connectivity index (χ1n) is 4.44. The Morgan fingerprint density at radius 2 is 2.10 bits per heavy atom. The lowest BCUT2D eigenvalue weighted by Crippen LogP contribution is -2.23. The first-order valence-corrected chi connectivity index (χ1v) is 3.29. The lowest BCUT2D eigenvalue weighted by molar-refractivity contribution is -0.188. The van der Waals surface area contributed by atoms with E-state index in [0.29, 0.717) is 0 Å². The molecule has 0 aromatic heterocycles. The van der Waals surface area contributed by atoms with E-state index in [1.807, 2.05) is 0 Å². The second-order valence-corrected chi connectivity index (χ2v) is 2.82. The molecule has 0 radical (unpaired) electrons. The molecule has 10 heavy (non-hydrogen) atoms. The molecular formula is C7H11F3. The second kappa shape index (κ2) is 2.14. The zero-order valence-electron chi connectivity index (χ0n) is 7.54. The summed E-state index contributed by atoms with van der Waals surface area (Å²) < 4.78 is 50.3. The molecule has 0 bridgehead atoms. The van der Waals surface area contributed by atoms with Crippen LogP contribution in [0, 0.1) is 5.41 Å². The van der Waals surface area contributed by atoms with Gasteiger partial charge in [-0.2, -0.15) is 13.2 Å². The minimum absolute atomic E-state index is 0.0273. The molecule has 0 nitrogen and oxygen atoms in total. The van der Waals surface area contributed by atoms with E-state index >= 15 is 0 Å². The summed E-state index contributed by atoms with van der Waals surface area (Å²) in [7, 11) is 0. The summed E-state index contributed by atoms with van der Waals surface area (Å²) in [6.45, 7) is -1.12. The van der Waals surface area contributed by atoms with Crippen LogP contribution in [0.1, 0.15) is 35.3 Å². The number of hydrogen-bond acceptors (Lipinski definition) is 0. The number of rotatable bonds is 2. The van der Waals surface area contributed by atoms with E-state index in [-0.39, 0.29) is 25.7 Å². The normalized spacial score (nSPS) is 26.0. The van der Waals surface area contributed by atoms with Crippen LogP contribution in [0.25, 0.3) is 0 Å². The third-order valence-corrected chi connectivity index (χ3v) is 2.08. The molecule has 60 valence electrons. The lowest BCUT2D eigenvalue weighted by Gasteiger charge is -2.17. The first-order chi connectivity index (χ1) is 5.37. The van der Waals surface area contributed by atoms with Crippen molar-refractivity contribution in [2.24, 2.45) is 5.41 Å². The Balaban J connectivity index is 2.40. The Morgan fingerprint density at radius 1 is 1.50 bits per heavy atom. The Kier molecular flexibility index (Phi) is 1.16. The molecule has 1 fully saturated rings. The topological polar surface area (TPSA) is 0 Å². The van der Waals surface area contributed by atoms with Crippen molar-refractivity contribution in [1.29, 1.82) is 0 Å². The largest absolute Gasteiger partial charge is 0.394 e. The smallest absolute Gasteiger partial charge is 0.171 e. The molecule has 1 rings (SSSR count). The van der Waals surface area contributed by atoms with Crippen molar-refractivity contribution >= 4 is 0 Å². The van der Waals surface area contributed by atoms with Gasteiger partial charge < -0.3 is 0 Å². The van der Waals surface area contributed by atoms with Crippen LogP contribution >= 0.6 is 0 Å². The Labute approximate surface area is 61.2 Å². The van der Waals surface area contributed by atoms with Crippen LogP contribution in [0.5, 0.6) is 0 Å². The number of halogens is 3. The highest BCUT2D eigenvalue weighted by Gasteiger charge is 2.61. The van der Waals surface area contributed by atoms with Crippen LogP contribution in [0.3, 0.4) is 0 Å². The molecule has 0 unspecified atom stereocenters. The van der Waals surface area contributed by atoms with E-state index < -0.39 is 18.5 Å². The maximum absolute atomic E-state index is 12.2. The molecule has 3 heteroatoms. The highest BCUT2D eigenvalue weighted by atomic mass is 19.4. The van der Waals surface area contributed by atoms with E-state index in [9.17, 15) is 13.2 Å².